The minimum absolute atomic E-state index is 0.398. The lowest BCUT2D eigenvalue weighted by Crippen LogP contribution is -2.16. The van der Waals surface area contributed by atoms with Gasteiger partial charge in [0.05, 0.1) is 5.92 Å². The average molecular weight is 171 g/mol. The first-order chi connectivity index (χ1) is 5.61. The third-order valence-electron chi connectivity index (χ3n) is 1.79. The maximum absolute atomic E-state index is 10.4. The first-order valence-electron chi connectivity index (χ1n) is 4.27. The van der Waals surface area contributed by atoms with Gasteiger partial charge < -0.3 is 10.0 Å². The van der Waals surface area contributed by atoms with Crippen LogP contribution in [-0.2, 0) is 4.79 Å². The van der Waals surface area contributed by atoms with Gasteiger partial charge in [0, 0.05) is 13.1 Å². The van der Waals surface area contributed by atoms with E-state index in [9.17, 15) is 4.79 Å². The van der Waals surface area contributed by atoms with E-state index in [0.717, 1.165) is 13.1 Å². The van der Waals surface area contributed by atoms with E-state index in [1.165, 1.54) is 0 Å². The van der Waals surface area contributed by atoms with E-state index < -0.39 is 11.9 Å². The molecule has 1 atom stereocenters. The SMILES string of the molecule is CCN(/C=C/[C@@H](C)C(=O)O)CC. The van der Waals surface area contributed by atoms with Crippen LogP contribution in [0.5, 0.6) is 0 Å². The number of aliphatic carboxylic acids is 1. The predicted octanol–water partition coefficient (Wildman–Crippen LogP) is 1.56. The fraction of sp³-hybridized carbons (Fsp3) is 0.667. The minimum Gasteiger partial charge on any atom is -0.481 e. The standard InChI is InChI=1S/C9H17NO2/c1-4-10(5-2)7-6-8(3)9(11)12/h6-8H,4-5H2,1-3H3,(H,11,12)/b7-6+/t8-/m1/s1. The maximum atomic E-state index is 10.4. The minimum atomic E-state index is -0.779. The molecule has 0 aliphatic heterocycles. The van der Waals surface area contributed by atoms with E-state index in [4.69, 9.17) is 5.11 Å². The van der Waals surface area contributed by atoms with Crippen molar-refractivity contribution in [1.29, 1.82) is 0 Å². The highest BCUT2D eigenvalue weighted by atomic mass is 16.4. The van der Waals surface area contributed by atoms with Crippen LogP contribution in [0, 0.1) is 5.92 Å². The summed E-state index contributed by atoms with van der Waals surface area (Å²) in [6.45, 7) is 7.58. The zero-order chi connectivity index (χ0) is 9.56. The molecule has 70 valence electrons. The fourth-order valence-electron chi connectivity index (χ4n) is 0.768. The molecule has 0 heterocycles. The van der Waals surface area contributed by atoms with Crippen molar-refractivity contribution in [2.75, 3.05) is 13.1 Å². The summed E-state index contributed by atoms with van der Waals surface area (Å²) in [5.41, 5.74) is 0. The first kappa shape index (κ1) is 11.0. The van der Waals surface area contributed by atoms with Gasteiger partial charge in [-0.2, -0.15) is 0 Å². The number of hydrogen-bond donors (Lipinski definition) is 1. The number of hydrogen-bond acceptors (Lipinski definition) is 2. The number of rotatable bonds is 5. The van der Waals surface area contributed by atoms with Crippen LogP contribution in [0.3, 0.4) is 0 Å². The molecule has 0 saturated carbocycles. The molecule has 0 radical (unpaired) electrons. The molecule has 0 spiro atoms. The van der Waals surface area contributed by atoms with E-state index in [1.54, 1.807) is 13.0 Å². The summed E-state index contributed by atoms with van der Waals surface area (Å²) in [5, 5.41) is 8.57. The number of carboxylic acids is 1. The van der Waals surface area contributed by atoms with Gasteiger partial charge in [-0.25, -0.2) is 0 Å². The van der Waals surface area contributed by atoms with E-state index in [0.29, 0.717) is 0 Å². The lowest BCUT2D eigenvalue weighted by atomic mass is 10.2. The molecular formula is C9H17NO2. The smallest absolute Gasteiger partial charge is 0.310 e. The number of carboxylic acid groups (broad SMARTS) is 1. The van der Waals surface area contributed by atoms with Crippen LogP contribution in [0.25, 0.3) is 0 Å². The van der Waals surface area contributed by atoms with Crippen LogP contribution in [-0.4, -0.2) is 29.1 Å². The Hall–Kier alpha value is -0.990. The van der Waals surface area contributed by atoms with Gasteiger partial charge in [-0.05, 0) is 27.0 Å². The molecule has 0 bridgehead atoms. The fourth-order valence-corrected chi connectivity index (χ4v) is 0.768. The molecule has 0 aromatic rings. The Kier molecular flexibility index (Phi) is 5.17. The Morgan fingerprint density at radius 3 is 2.33 bits per heavy atom. The van der Waals surface area contributed by atoms with Crippen molar-refractivity contribution < 1.29 is 9.90 Å². The summed E-state index contributed by atoms with van der Waals surface area (Å²) >= 11 is 0. The molecule has 1 N–H and O–H groups in total. The highest BCUT2D eigenvalue weighted by Crippen LogP contribution is 1.98. The average Bonchev–Trinajstić information content (AvgIpc) is 2.05. The van der Waals surface area contributed by atoms with Gasteiger partial charge in [0.1, 0.15) is 0 Å². The molecule has 0 saturated heterocycles. The van der Waals surface area contributed by atoms with Crippen molar-refractivity contribution in [3.8, 4) is 0 Å². The molecule has 0 aromatic carbocycles. The normalized spacial score (nSPS) is 13.2. The lowest BCUT2D eigenvalue weighted by Gasteiger charge is -2.15. The van der Waals surface area contributed by atoms with Crippen LogP contribution in [0.2, 0.25) is 0 Å². The van der Waals surface area contributed by atoms with Gasteiger partial charge >= 0.3 is 5.97 Å². The third-order valence-corrected chi connectivity index (χ3v) is 1.79. The van der Waals surface area contributed by atoms with Crippen LogP contribution in [0.15, 0.2) is 12.3 Å². The van der Waals surface area contributed by atoms with Gasteiger partial charge in [-0.15, -0.1) is 0 Å². The molecule has 0 rings (SSSR count). The van der Waals surface area contributed by atoms with Gasteiger partial charge in [-0.1, -0.05) is 6.08 Å². The quantitative estimate of drug-likeness (QED) is 0.682. The van der Waals surface area contributed by atoms with E-state index in [2.05, 4.69) is 4.90 Å². The summed E-state index contributed by atoms with van der Waals surface area (Å²) in [7, 11) is 0. The molecule has 0 aliphatic carbocycles. The van der Waals surface area contributed by atoms with Crippen LogP contribution in [0.4, 0.5) is 0 Å². The topological polar surface area (TPSA) is 40.5 Å². The zero-order valence-electron chi connectivity index (χ0n) is 7.95. The summed E-state index contributed by atoms with van der Waals surface area (Å²) < 4.78 is 0. The van der Waals surface area contributed by atoms with Crippen molar-refractivity contribution in [1.82, 2.24) is 4.90 Å². The van der Waals surface area contributed by atoms with Gasteiger partial charge in [0.25, 0.3) is 0 Å². The summed E-state index contributed by atoms with van der Waals surface area (Å²) in [6.07, 6.45) is 3.55. The van der Waals surface area contributed by atoms with Crippen LogP contribution in [0.1, 0.15) is 20.8 Å². The van der Waals surface area contributed by atoms with Crippen LogP contribution >= 0.6 is 0 Å². The highest BCUT2D eigenvalue weighted by Gasteiger charge is 2.05. The maximum Gasteiger partial charge on any atom is 0.310 e. The van der Waals surface area contributed by atoms with Crippen LogP contribution < -0.4 is 0 Å². The van der Waals surface area contributed by atoms with Crippen molar-refractivity contribution in [3.63, 3.8) is 0 Å². The Balaban J connectivity index is 3.94. The Morgan fingerprint density at radius 1 is 1.50 bits per heavy atom. The van der Waals surface area contributed by atoms with Crippen molar-refractivity contribution >= 4 is 5.97 Å². The Bertz CT molecular complexity index is 162. The summed E-state index contributed by atoms with van der Waals surface area (Å²) in [4.78, 5) is 12.5. The predicted molar refractivity (Wildman–Crippen MR) is 48.9 cm³/mol. The Morgan fingerprint density at radius 2 is 2.00 bits per heavy atom. The second-order valence-electron chi connectivity index (χ2n) is 2.69. The van der Waals surface area contributed by atoms with E-state index in [1.807, 2.05) is 20.0 Å². The van der Waals surface area contributed by atoms with Crippen molar-refractivity contribution in [2.24, 2.45) is 5.92 Å². The number of carbonyl (C=O) groups is 1. The molecule has 0 aromatic heterocycles. The number of nitrogens with zero attached hydrogens (tertiary/aromatic N) is 1. The van der Waals surface area contributed by atoms with E-state index in [-0.39, 0.29) is 0 Å². The van der Waals surface area contributed by atoms with Crippen molar-refractivity contribution in [2.45, 2.75) is 20.8 Å². The Labute approximate surface area is 73.7 Å². The molecule has 0 aliphatic rings. The first-order valence-corrected chi connectivity index (χ1v) is 4.27. The summed E-state index contributed by atoms with van der Waals surface area (Å²) in [5.74, 6) is -1.18. The second-order valence-corrected chi connectivity index (χ2v) is 2.69. The molecular weight excluding hydrogens is 154 g/mol. The largest absolute Gasteiger partial charge is 0.481 e. The van der Waals surface area contributed by atoms with Crippen molar-refractivity contribution in [3.05, 3.63) is 12.3 Å². The second kappa shape index (κ2) is 5.63. The molecule has 0 amide bonds. The molecule has 3 heteroatoms. The molecule has 0 fully saturated rings. The zero-order valence-corrected chi connectivity index (χ0v) is 7.95. The monoisotopic (exact) mass is 171 g/mol. The molecule has 3 nitrogen and oxygen atoms in total. The highest BCUT2D eigenvalue weighted by molar-refractivity contribution is 5.71. The summed E-state index contributed by atoms with van der Waals surface area (Å²) in [6, 6.07) is 0. The van der Waals surface area contributed by atoms with E-state index >= 15 is 0 Å². The van der Waals surface area contributed by atoms with Gasteiger partial charge in [-0.3, -0.25) is 4.79 Å². The van der Waals surface area contributed by atoms with Gasteiger partial charge in [0.15, 0.2) is 0 Å². The lowest BCUT2D eigenvalue weighted by molar-refractivity contribution is -0.139. The molecule has 0 unspecified atom stereocenters. The third kappa shape index (κ3) is 4.01. The van der Waals surface area contributed by atoms with Gasteiger partial charge in [0.2, 0.25) is 0 Å². The molecule has 12 heavy (non-hydrogen) atoms.